The molecule has 3 aromatic rings. The highest BCUT2D eigenvalue weighted by atomic mass is 35.5. The summed E-state index contributed by atoms with van der Waals surface area (Å²) in [6.07, 6.45) is -0.182. The number of rotatable bonds is 8. The number of hydrogen-bond acceptors (Lipinski definition) is 4. The third-order valence-corrected chi connectivity index (χ3v) is 5.79. The zero-order valence-electron chi connectivity index (χ0n) is 16.0. The summed E-state index contributed by atoms with van der Waals surface area (Å²) in [5, 5.41) is 0.617. The topological polar surface area (TPSA) is 35.5 Å². The van der Waals surface area contributed by atoms with Crippen LogP contribution in [0.4, 0.5) is 8.78 Å². The lowest BCUT2D eigenvalue weighted by atomic mass is 10.1. The van der Waals surface area contributed by atoms with Crippen molar-refractivity contribution in [1.82, 2.24) is 0 Å². The van der Waals surface area contributed by atoms with Gasteiger partial charge in [-0.15, -0.1) is 11.3 Å². The molecule has 0 spiro atoms. The molecule has 0 unspecified atom stereocenters. The van der Waals surface area contributed by atoms with Crippen molar-refractivity contribution < 1.29 is 23.0 Å². The van der Waals surface area contributed by atoms with Crippen LogP contribution >= 0.6 is 34.5 Å². The van der Waals surface area contributed by atoms with Crippen LogP contribution in [0.2, 0.25) is 9.36 Å². The molecule has 0 saturated carbocycles. The monoisotopic (exact) mass is 470 g/mol. The van der Waals surface area contributed by atoms with Crippen molar-refractivity contribution >= 4 is 40.5 Å². The van der Waals surface area contributed by atoms with E-state index >= 15 is 0 Å². The summed E-state index contributed by atoms with van der Waals surface area (Å²) in [6.45, 7) is 1.99. The van der Waals surface area contributed by atoms with Gasteiger partial charge in [0.15, 0.2) is 0 Å². The maximum atomic E-state index is 14.4. The fraction of sp³-hybridized carbons (Fsp3) is 0.227. The number of hydrogen-bond donors (Lipinski definition) is 0. The van der Waals surface area contributed by atoms with Crippen molar-refractivity contribution in [2.45, 2.75) is 26.4 Å². The minimum absolute atomic E-state index is 0.0523. The average Bonchev–Trinajstić information content (AvgIpc) is 3.07. The van der Waals surface area contributed by atoms with E-state index < -0.39 is 17.6 Å². The van der Waals surface area contributed by atoms with Crippen molar-refractivity contribution in [2.24, 2.45) is 0 Å². The van der Waals surface area contributed by atoms with Crippen molar-refractivity contribution in [3.8, 4) is 16.9 Å². The summed E-state index contributed by atoms with van der Waals surface area (Å²) >= 11 is 13.4. The lowest BCUT2D eigenvalue weighted by molar-refractivity contribution is -0.143. The Kier molecular flexibility index (Phi) is 7.69. The first-order valence-corrected chi connectivity index (χ1v) is 10.7. The summed E-state index contributed by atoms with van der Waals surface area (Å²) in [4.78, 5) is 12.2. The standard InChI is InChI=1S/C22H18Cl2F2O3S/c1-2-28-22(27)8-7-16-18(25)9-15(10-19(16)26)29-12-20-17(11-21(24)30-20)13-3-5-14(23)6-4-13/h3-6,9-11H,2,7-8,12H2,1H3. The Bertz CT molecular complexity index is 1010. The molecule has 0 radical (unpaired) electrons. The Hall–Kier alpha value is -2.15. The van der Waals surface area contributed by atoms with E-state index in [1.54, 1.807) is 19.1 Å². The van der Waals surface area contributed by atoms with Crippen LogP contribution < -0.4 is 4.74 Å². The first-order valence-electron chi connectivity index (χ1n) is 9.18. The molecule has 0 bridgehead atoms. The van der Waals surface area contributed by atoms with E-state index in [0.717, 1.165) is 28.1 Å². The van der Waals surface area contributed by atoms with Gasteiger partial charge in [-0.05, 0) is 37.1 Å². The van der Waals surface area contributed by atoms with Crippen LogP contribution in [0.25, 0.3) is 11.1 Å². The quantitative estimate of drug-likeness (QED) is 0.330. The third kappa shape index (κ3) is 5.72. The Labute approximate surface area is 187 Å². The van der Waals surface area contributed by atoms with Gasteiger partial charge in [-0.3, -0.25) is 4.79 Å². The molecular weight excluding hydrogens is 453 g/mol. The molecule has 0 amide bonds. The summed E-state index contributed by atoms with van der Waals surface area (Å²) in [7, 11) is 0. The van der Waals surface area contributed by atoms with Crippen molar-refractivity contribution in [2.75, 3.05) is 6.61 Å². The fourth-order valence-corrected chi connectivity index (χ4v) is 4.22. The van der Waals surface area contributed by atoms with E-state index in [9.17, 15) is 13.6 Å². The zero-order chi connectivity index (χ0) is 21.7. The number of carbonyl (C=O) groups is 1. The van der Waals surface area contributed by atoms with Crippen LogP contribution in [0.15, 0.2) is 42.5 Å². The van der Waals surface area contributed by atoms with Gasteiger partial charge in [-0.1, -0.05) is 35.3 Å². The number of thiophene rings is 1. The van der Waals surface area contributed by atoms with Gasteiger partial charge in [0.25, 0.3) is 0 Å². The van der Waals surface area contributed by atoms with E-state index in [-0.39, 0.29) is 37.4 Å². The number of benzene rings is 2. The Morgan fingerprint density at radius 3 is 2.37 bits per heavy atom. The van der Waals surface area contributed by atoms with Gasteiger partial charge < -0.3 is 9.47 Å². The van der Waals surface area contributed by atoms with Crippen LogP contribution in [0.3, 0.4) is 0 Å². The van der Waals surface area contributed by atoms with Crippen LogP contribution in [0, 0.1) is 11.6 Å². The molecule has 30 heavy (non-hydrogen) atoms. The molecule has 1 heterocycles. The van der Waals surface area contributed by atoms with Crippen molar-refractivity contribution in [3.05, 3.63) is 73.9 Å². The zero-order valence-corrected chi connectivity index (χ0v) is 18.3. The van der Waals surface area contributed by atoms with E-state index in [1.807, 2.05) is 18.2 Å². The van der Waals surface area contributed by atoms with Crippen LogP contribution in [-0.2, 0) is 22.6 Å². The highest BCUT2D eigenvalue weighted by Crippen LogP contribution is 2.36. The molecule has 3 nitrogen and oxygen atoms in total. The second-order valence-electron chi connectivity index (χ2n) is 6.35. The fourth-order valence-electron chi connectivity index (χ4n) is 2.89. The summed E-state index contributed by atoms with van der Waals surface area (Å²) < 4.78 is 39.7. The summed E-state index contributed by atoms with van der Waals surface area (Å²) in [5.74, 6) is -1.98. The first-order chi connectivity index (χ1) is 14.4. The van der Waals surface area contributed by atoms with Gasteiger partial charge in [0.05, 0.1) is 15.8 Å². The van der Waals surface area contributed by atoms with Gasteiger partial charge in [0, 0.05) is 34.7 Å². The van der Waals surface area contributed by atoms with Gasteiger partial charge in [-0.25, -0.2) is 8.78 Å². The van der Waals surface area contributed by atoms with Crippen molar-refractivity contribution in [1.29, 1.82) is 0 Å². The maximum absolute atomic E-state index is 14.4. The summed E-state index contributed by atoms with van der Waals surface area (Å²) in [6, 6.07) is 11.3. The molecule has 0 N–H and O–H groups in total. The molecule has 8 heteroatoms. The molecule has 0 atom stereocenters. The summed E-state index contributed by atoms with van der Waals surface area (Å²) in [5.41, 5.74) is 1.61. The van der Waals surface area contributed by atoms with Crippen molar-refractivity contribution in [3.63, 3.8) is 0 Å². The molecule has 1 aromatic heterocycles. The Morgan fingerprint density at radius 1 is 1.07 bits per heavy atom. The molecular formula is C22H18Cl2F2O3S. The van der Waals surface area contributed by atoms with E-state index in [1.165, 1.54) is 11.3 Å². The Morgan fingerprint density at radius 2 is 1.73 bits per heavy atom. The van der Waals surface area contributed by atoms with Crippen LogP contribution in [-0.4, -0.2) is 12.6 Å². The van der Waals surface area contributed by atoms with Gasteiger partial charge in [0.1, 0.15) is 24.0 Å². The highest BCUT2D eigenvalue weighted by Gasteiger charge is 2.16. The first kappa shape index (κ1) is 22.5. The number of carbonyl (C=O) groups excluding carboxylic acids is 1. The van der Waals surface area contributed by atoms with E-state index in [4.69, 9.17) is 32.7 Å². The molecule has 0 aliphatic heterocycles. The maximum Gasteiger partial charge on any atom is 0.306 e. The van der Waals surface area contributed by atoms with Crippen LogP contribution in [0.5, 0.6) is 5.75 Å². The number of halogens is 4. The predicted octanol–water partition coefficient (Wildman–Crippen LogP) is 7.07. The minimum Gasteiger partial charge on any atom is -0.488 e. The molecule has 0 aliphatic carbocycles. The largest absolute Gasteiger partial charge is 0.488 e. The van der Waals surface area contributed by atoms with Gasteiger partial charge in [0.2, 0.25) is 0 Å². The molecule has 0 saturated heterocycles. The number of esters is 1. The van der Waals surface area contributed by atoms with E-state index in [0.29, 0.717) is 9.36 Å². The molecule has 3 rings (SSSR count). The Balaban J connectivity index is 1.72. The second kappa shape index (κ2) is 10.2. The number of ether oxygens (including phenoxy) is 2. The molecule has 0 fully saturated rings. The average molecular weight is 471 g/mol. The molecule has 158 valence electrons. The lowest BCUT2D eigenvalue weighted by Gasteiger charge is -2.10. The third-order valence-electron chi connectivity index (χ3n) is 4.30. The van der Waals surface area contributed by atoms with E-state index in [2.05, 4.69) is 0 Å². The molecule has 2 aromatic carbocycles. The SMILES string of the molecule is CCOC(=O)CCc1c(F)cc(OCc2sc(Cl)cc2-c2ccc(Cl)cc2)cc1F. The minimum atomic E-state index is -0.767. The normalized spacial score (nSPS) is 10.8. The lowest BCUT2D eigenvalue weighted by Crippen LogP contribution is -2.07. The smallest absolute Gasteiger partial charge is 0.306 e. The second-order valence-corrected chi connectivity index (χ2v) is 8.56. The van der Waals surface area contributed by atoms with Crippen LogP contribution in [0.1, 0.15) is 23.8 Å². The highest BCUT2D eigenvalue weighted by molar-refractivity contribution is 7.16. The van der Waals surface area contributed by atoms with Gasteiger partial charge >= 0.3 is 5.97 Å². The predicted molar refractivity (Wildman–Crippen MR) is 115 cm³/mol. The molecule has 0 aliphatic rings. The van der Waals surface area contributed by atoms with Gasteiger partial charge in [-0.2, -0.15) is 0 Å².